The third kappa shape index (κ3) is 3.01. The van der Waals surface area contributed by atoms with E-state index in [0.717, 1.165) is 6.07 Å². The molecule has 0 fully saturated rings. The molecule has 0 unspecified atom stereocenters. The summed E-state index contributed by atoms with van der Waals surface area (Å²) < 4.78 is 10.1. The molecule has 1 N–H and O–H groups in total. The molecule has 5 heteroatoms. The Labute approximate surface area is 109 Å². The van der Waals surface area contributed by atoms with Crippen molar-refractivity contribution in [1.29, 1.82) is 0 Å². The third-order valence-electron chi connectivity index (χ3n) is 2.40. The molecule has 0 atom stereocenters. The van der Waals surface area contributed by atoms with Gasteiger partial charge in [0.1, 0.15) is 11.5 Å². The van der Waals surface area contributed by atoms with Gasteiger partial charge in [0.2, 0.25) is 5.76 Å². The molecular weight excluding hydrogens is 248 g/mol. The van der Waals surface area contributed by atoms with Crippen molar-refractivity contribution in [2.75, 3.05) is 6.61 Å². The van der Waals surface area contributed by atoms with Crippen molar-refractivity contribution in [3.63, 3.8) is 0 Å². The molecule has 1 aromatic carbocycles. The van der Waals surface area contributed by atoms with Gasteiger partial charge in [0.15, 0.2) is 5.43 Å². The number of hydrogen-bond acceptors (Lipinski definition) is 5. The minimum Gasteiger partial charge on any atom is -0.508 e. The summed E-state index contributed by atoms with van der Waals surface area (Å²) in [7, 11) is 0. The zero-order chi connectivity index (χ0) is 13.8. The highest BCUT2D eigenvalue weighted by Crippen LogP contribution is 2.21. The van der Waals surface area contributed by atoms with E-state index in [1.54, 1.807) is 19.1 Å². The topological polar surface area (TPSA) is 76.7 Å². The maximum Gasteiger partial charge on any atom is 0.374 e. The van der Waals surface area contributed by atoms with E-state index in [1.807, 2.05) is 0 Å². The Morgan fingerprint density at radius 1 is 1.26 bits per heavy atom. The lowest BCUT2D eigenvalue weighted by Crippen LogP contribution is -2.09. The Kier molecular flexibility index (Phi) is 3.66. The van der Waals surface area contributed by atoms with E-state index in [-0.39, 0.29) is 29.3 Å². The average molecular weight is 260 g/mol. The largest absolute Gasteiger partial charge is 0.508 e. The van der Waals surface area contributed by atoms with Crippen LogP contribution in [0.1, 0.15) is 17.5 Å². The number of benzene rings is 1. The second kappa shape index (κ2) is 5.39. The van der Waals surface area contributed by atoms with E-state index in [1.165, 1.54) is 18.2 Å². The Bertz CT molecular complexity index is 640. The second-order valence-corrected chi connectivity index (χ2v) is 3.79. The number of phenols is 1. The summed E-state index contributed by atoms with van der Waals surface area (Å²) in [6, 6.07) is 8.46. The standard InChI is InChI=1S/C14H12O5/c1-2-18-14(17)13-8-11(16)7-12(19-13)9-3-5-10(15)6-4-9/h3-8,15H,2H2,1H3. The number of rotatable bonds is 3. The third-order valence-corrected chi connectivity index (χ3v) is 2.40. The Morgan fingerprint density at radius 3 is 2.58 bits per heavy atom. The number of aromatic hydroxyl groups is 1. The number of esters is 1. The van der Waals surface area contributed by atoms with Crippen LogP contribution in [0.4, 0.5) is 0 Å². The quantitative estimate of drug-likeness (QED) is 0.856. The Hall–Kier alpha value is -2.56. The summed E-state index contributed by atoms with van der Waals surface area (Å²) in [5.41, 5.74) is 0.235. The van der Waals surface area contributed by atoms with Gasteiger partial charge in [0.25, 0.3) is 0 Å². The van der Waals surface area contributed by atoms with Crippen molar-refractivity contribution < 1.29 is 19.1 Å². The van der Waals surface area contributed by atoms with E-state index in [0.29, 0.717) is 5.56 Å². The summed E-state index contributed by atoms with van der Waals surface area (Å²) in [5, 5.41) is 9.20. The van der Waals surface area contributed by atoms with Gasteiger partial charge in [0.05, 0.1) is 6.61 Å². The van der Waals surface area contributed by atoms with Gasteiger partial charge in [-0.3, -0.25) is 4.79 Å². The van der Waals surface area contributed by atoms with Crippen molar-refractivity contribution in [2.45, 2.75) is 6.92 Å². The van der Waals surface area contributed by atoms with Crippen LogP contribution in [0.3, 0.4) is 0 Å². The van der Waals surface area contributed by atoms with Gasteiger partial charge in [-0.25, -0.2) is 4.79 Å². The van der Waals surface area contributed by atoms with Gasteiger partial charge >= 0.3 is 5.97 Å². The number of carbonyl (C=O) groups is 1. The number of ether oxygens (including phenoxy) is 1. The normalized spacial score (nSPS) is 10.2. The lowest BCUT2D eigenvalue weighted by Gasteiger charge is -2.04. The van der Waals surface area contributed by atoms with Crippen LogP contribution in [0.15, 0.2) is 45.6 Å². The fourth-order valence-electron chi connectivity index (χ4n) is 1.55. The van der Waals surface area contributed by atoms with Crippen LogP contribution in [0.25, 0.3) is 11.3 Å². The Balaban J connectivity index is 2.44. The van der Waals surface area contributed by atoms with E-state index in [2.05, 4.69) is 0 Å². The molecule has 0 saturated heterocycles. The van der Waals surface area contributed by atoms with Crippen LogP contribution in [-0.2, 0) is 4.74 Å². The molecule has 0 aliphatic carbocycles. The summed E-state index contributed by atoms with van der Waals surface area (Å²) in [4.78, 5) is 23.1. The molecule has 1 aromatic heterocycles. The van der Waals surface area contributed by atoms with Crippen molar-refractivity contribution in [3.8, 4) is 17.1 Å². The first-order valence-electron chi connectivity index (χ1n) is 5.72. The minimum absolute atomic E-state index is 0.104. The average Bonchev–Trinajstić information content (AvgIpc) is 2.39. The predicted octanol–water partition coefficient (Wildman–Crippen LogP) is 2.19. The predicted molar refractivity (Wildman–Crippen MR) is 68.0 cm³/mol. The molecule has 0 saturated carbocycles. The monoisotopic (exact) mass is 260 g/mol. The van der Waals surface area contributed by atoms with Crippen LogP contribution < -0.4 is 5.43 Å². The van der Waals surface area contributed by atoms with Crippen LogP contribution in [0.2, 0.25) is 0 Å². The van der Waals surface area contributed by atoms with Gasteiger partial charge in [-0.05, 0) is 31.2 Å². The molecule has 5 nitrogen and oxygen atoms in total. The van der Waals surface area contributed by atoms with E-state index >= 15 is 0 Å². The zero-order valence-corrected chi connectivity index (χ0v) is 10.3. The lowest BCUT2D eigenvalue weighted by molar-refractivity contribution is 0.0488. The molecule has 2 rings (SSSR count). The Morgan fingerprint density at radius 2 is 1.95 bits per heavy atom. The minimum atomic E-state index is -0.680. The fourth-order valence-corrected chi connectivity index (χ4v) is 1.55. The van der Waals surface area contributed by atoms with Crippen molar-refractivity contribution in [2.24, 2.45) is 0 Å². The molecule has 2 aromatic rings. The van der Waals surface area contributed by atoms with E-state index in [4.69, 9.17) is 9.15 Å². The molecular formula is C14H12O5. The number of hydrogen-bond donors (Lipinski definition) is 1. The molecule has 0 aliphatic rings. The SMILES string of the molecule is CCOC(=O)c1cc(=O)cc(-c2ccc(O)cc2)o1. The fraction of sp³-hybridized carbons (Fsp3) is 0.143. The summed E-state index contributed by atoms with van der Waals surface area (Å²) in [6.07, 6.45) is 0. The van der Waals surface area contributed by atoms with Crippen LogP contribution in [0.5, 0.6) is 5.75 Å². The van der Waals surface area contributed by atoms with Crippen LogP contribution in [0, 0.1) is 0 Å². The van der Waals surface area contributed by atoms with Gasteiger partial charge < -0.3 is 14.3 Å². The molecule has 98 valence electrons. The zero-order valence-electron chi connectivity index (χ0n) is 10.3. The highest BCUT2D eigenvalue weighted by molar-refractivity contribution is 5.86. The lowest BCUT2D eigenvalue weighted by atomic mass is 10.1. The van der Waals surface area contributed by atoms with Crippen molar-refractivity contribution >= 4 is 5.97 Å². The maximum atomic E-state index is 11.5. The molecule has 0 aliphatic heterocycles. The molecule has 0 spiro atoms. The van der Waals surface area contributed by atoms with Gasteiger partial charge in [0, 0.05) is 17.7 Å². The molecule has 19 heavy (non-hydrogen) atoms. The van der Waals surface area contributed by atoms with E-state index in [9.17, 15) is 14.7 Å². The van der Waals surface area contributed by atoms with Gasteiger partial charge in [-0.2, -0.15) is 0 Å². The van der Waals surface area contributed by atoms with Crippen LogP contribution in [-0.4, -0.2) is 17.7 Å². The summed E-state index contributed by atoms with van der Waals surface area (Å²) >= 11 is 0. The number of phenolic OH excluding ortho intramolecular Hbond substituents is 1. The van der Waals surface area contributed by atoms with Gasteiger partial charge in [-0.15, -0.1) is 0 Å². The molecule has 1 heterocycles. The van der Waals surface area contributed by atoms with Gasteiger partial charge in [-0.1, -0.05) is 0 Å². The summed E-state index contributed by atoms with van der Waals surface area (Å²) in [5.74, 6) is -0.471. The van der Waals surface area contributed by atoms with E-state index < -0.39 is 5.97 Å². The molecule has 0 bridgehead atoms. The first-order chi connectivity index (χ1) is 9.10. The highest BCUT2D eigenvalue weighted by Gasteiger charge is 2.13. The van der Waals surface area contributed by atoms with Crippen molar-refractivity contribution in [3.05, 3.63) is 52.4 Å². The summed E-state index contributed by atoms with van der Waals surface area (Å²) in [6.45, 7) is 1.87. The second-order valence-electron chi connectivity index (χ2n) is 3.79. The molecule has 0 radical (unpaired) electrons. The maximum absolute atomic E-state index is 11.5. The smallest absolute Gasteiger partial charge is 0.374 e. The molecule has 0 amide bonds. The number of carbonyl (C=O) groups excluding carboxylic acids is 1. The van der Waals surface area contributed by atoms with Crippen molar-refractivity contribution in [1.82, 2.24) is 0 Å². The van der Waals surface area contributed by atoms with Crippen LogP contribution >= 0.6 is 0 Å². The highest BCUT2D eigenvalue weighted by atomic mass is 16.5. The first-order valence-corrected chi connectivity index (χ1v) is 5.72. The first kappa shape index (κ1) is 12.9.